The molecule has 0 radical (unpaired) electrons. The molecule has 2 amide bonds. The predicted octanol–water partition coefficient (Wildman–Crippen LogP) is 7.70. The Labute approximate surface area is 291 Å². The molecular formula is C37H39BrClN3O4S. The van der Waals surface area contributed by atoms with Crippen LogP contribution in [0.2, 0.25) is 5.02 Å². The van der Waals surface area contributed by atoms with Crippen molar-refractivity contribution < 1.29 is 18.0 Å². The van der Waals surface area contributed by atoms with Crippen molar-refractivity contribution in [2.75, 3.05) is 10.8 Å². The second kappa shape index (κ2) is 16.0. The molecule has 5 rings (SSSR count). The van der Waals surface area contributed by atoms with Crippen LogP contribution in [0.3, 0.4) is 0 Å². The van der Waals surface area contributed by atoms with E-state index in [4.69, 9.17) is 11.6 Å². The molecule has 7 nitrogen and oxygen atoms in total. The van der Waals surface area contributed by atoms with Gasteiger partial charge in [0.2, 0.25) is 11.8 Å². The lowest BCUT2D eigenvalue weighted by Crippen LogP contribution is -2.55. The number of benzene rings is 4. The van der Waals surface area contributed by atoms with Gasteiger partial charge in [-0.2, -0.15) is 0 Å². The van der Waals surface area contributed by atoms with Crippen LogP contribution >= 0.6 is 27.5 Å². The molecule has 1 aliphatic carbocycles. The summed E-state index contributed by atoms with van der Waals surface area (Å²) in [7, 11) is -4.20. The minimum Gasteiger partial charge on any atom is -0.352 e. The maximum atomic E-state index is 14.7. The first-order chi connectivity index (χ1) is 22.6. The molecule has 0 aliphatic heterocycles. The number of nitrogens with one attached hydrogen (secondary N) is 1. The Morgan fingerprint density at radius 2 is 1.55 bits per heavy atom. The van der Waals surface area contributed by atoms with Crippen LogP contribution in [0.5, 0.6) is 0 Å². The van der Waals surface area contributed by atoms with Crippen LogP contribution in [0, 0.1) is 6.92 Å². The number of rotatable bonds is 12. The second-order valence-corrected chi connectivity index (χ2v) is 15.2. The van der Waals surface area contributed by atoms with Crippen LogP contribution in [-0.4, -0.2) is 43.8 Å². The van der Waals surface area contributed by atoms with Crippen molar-refractivity contribution in [2.24, 2.45) is 0 Å². The second-order valence-electron chi connectivity index (χ2n) is 12.0. The first kappa shape index (κ1) is 34.7. The summed E-state index contributed by atoms with van der Waals surface area (Å²) in [4.78, 5) is 30.4. The number of hydrogen-bond acceptors (Lipinski definition) is 4. The van der Waals surface area contributed by atoms with Crippen LogP contribution in [-0.2, 0) is 32.6 Å². The molecule has 246 valence electrons. The SMILES string of the molecule is Cc1cccc(N(CC(=O)N(Cc2cccc(Br)c2)[C@@H](Cc2ccccc2)C(=O)NC2CCCCC2)S(=O)(=O)c2ccc(Cl)cc2)c1. The van der Waals surface area contributed by atoms with Gasteiger partial charge in [-0.1, -0.05) is 101 Å². The van der Waals surface area contributed by atoms with Gasteiger partial charge in [-0.3, -0.25) is 13.9 Å². The van der Waals surface area contributed by atoms with E-state index in [1.165, 1.54) is 29.2 Å². The molecule has 1 N–H and O–H groups in total. The van der Waals surface area contributed by atoms with Gasteiger partial charge >= 0.3 is 0 Å². The highest BCUT2D eigenvalue weighted by Crippen LogP contribution is 2.27. The van der Waals surface area contributed by atoms with Crippen LogP contribution in [0.4, 0.5) is 5.69 Å². The Kier molecular flexibility index (Phi) is 11.8. The van der Waals surface area contributed by atoms with E-state index < -0.39 is 28.5 Å². The van der Waals surface area contributed by atoms with E-state index in [1.807, 2.05) is 67.6 Å². The van der Waals surface area contributed by atoms with Crippen LogP contribution < -0.4 is 9.62 Å². The molecule has 4 aromatic rings. The van der Waals surface area contributed by atoms with Gasteiger partial charge in [-0.05, 0) is 85.0 Å². The summed E-state index contributed by atoms with van der Waals surface area (Å²) >= 11 is 9.61. The fourth-order valence-corrected chi connectivity index (χ4v) is 7.95. The number of anilines is 1. The maximum absolute atomic E-state index is 14.7. The Bertz CT molecular complexity index is 1780. The predicted molar refractivity (Wildman–Crippen MR) is 191 cm³/mol. The number of carbonyl (C=O) groups excluding carboxylic acids is 2. The van der Waals surface area contributed by atoms with Crippen molar-refractivity contribution >= 4 is 55.1 Å². The summed E-state index contributed by atoms with van der Waals surface area (Å²) in [5.41, 5.74) is 2.89. The average Bonchev–Trinajstić information content (AvgIpc) is 3.06. The van der Waals surface area contributed by atoms with Crippen molar-refractivity contribution in [1.82, 2.24) is 10.2 Å². The van der Waals surface area contributed by atoms with Gasteiger partial charge in [-0.15, -0.1) is 0 Å². The van der Waals surface area contributed by atoms with E-state index in [0.717, 1.165) is 57.6 Å². The van der Waals surface area contributed by atoms with Crippen molar-refractivity contribution in [3.63, 3.8) is 0 Å². The van der Waals surface area contributed by atoms with Crippen molar-refractivity contribution in [1.29, 1.82) is 0 Å². The highest BCUT2D eigenvalue weighted by Gasteiger charge is 2.35. The van der Waals surface area contributed by atoms with Gasteiger partial charge < -0.3 is 10.2 Å². The molecule has 1 atom stereocenters. The highest BCUT2D eigenvalue weighted by molar-refractivity contribution is 9.10. The summed E-state index contributed by atoms with van der Waals surface area (Å²) in [5, 5.41) is 3.64. The Hall–Kier alpha value is -3.66. The zero-order valence-electron chi connectivity index (χ0n) is 26.3. The quantitative estimate of drug-likeness (QED) is 0.162. The first-order valence-electron chi connectivity index (χ1n) is 15.8. The first-order valence-corrected chi connectivity index (χ1v) is 18.4. The smallest absolute Gasteiger partial charge is 0.264 e. The summed E-state index contributed by atoms with van der Waals surface area (Å²) in [5.74, 6) is -0.740. The minimum atomic E-state index is -4.20. The molecule has 10 heteroatoms. The van der Waals surface area contributed by atoms with E-state index >= 15 is 0 Å². The van der Waals surface area contributed by atoms with Gasteiger partial charge in [0.1, 0.15) is 12.6 Å². The average molecular weight is 737 g/mol. The van der Waals surface area contributed by atoms with Crippen molar-refractivity contribution in [3.8, 4) is 0 Å². The largest absolute Gasteiger partial charge is 0.352 e. The number of carbonyl (C=O) groups is 2. The zero-order chi connectivity index (χ0) is 33.4. The Morgan fingerprint density at radius 3 is 2.23 bits per heavy atom. The van der Waals surface area contributed by atoms with Crippen LogP contribution in [0.1, 0.15) is 48.8 Å². The van der Waals surface area contributed by atoms with Crippen molar-refractivity contribution in [2.45, 2.75) is 69.0 Å². The third-order valence-corrected chi connectivity index (χ3v) is 11.0. The van der Waals surface area contributed by atoms with Crippen LogP contribution in [0.15, 0.2) is 112 Å². The maximum Gasteiger partial charge on any atom is 0.264 e. The molecule has 0 saturated heterocycles. The molecule has 0 spiro atoms. The molecule has 0 aromatic heterocycles. The molecule has 47 heavy (non-hydrogen) atoms. The lowest BCUT2D eigenvalue weighted by molar-refractivity contribution is -0.140. The lowest BCUT2D eigenvalue weighted by atomic mass is 9.94. The van der Waals surface area contributed by atoms with E-state index in [-0.39, 0.29) is 29.8 Å². The van der Waals surface area contributed by atoms with Crippen molar-refractivity contribution in [3.05, 3.63) is 129 Å². The molecule has 4 aromatic carbocycles. The van der Waals surface area contributed by atoms with E-state index in [1.54, 1.807) is 18.2 Å². The van der Waals surface area contributed by atoms with Gasteiger partial charge in [0.25, 0.3) is 10.0 Å². The molecule has 0 heterocycles. The van der Waals surface area contributed by atoms with Gasteiger partial charge in [0.15, 0.2) is 0 Å². The molecule has 1 saturated carbocycles. The fraction of sp³-hybridized carbons (Fsp3) is 0.297. The standard InChI is InChI=1S/C37H39BrClN3O4S/c1-27-10-8-17-33(22-27)42(47(45,46)34-20-18-31(39)19-21-34)26-36(43)41(25-29-13-9-14-30(38)23-29)35(24-28-11-4-2-5-12-28)37(44)40-32-15-6-3-7-16-32/h2,4-5,8-14,17-23,32,35H,3,6-7,15-16,24-26H2,1H3,(H,40,44)/t35-/m0/s1. The van der Waals surface area contributed by atoms with E-state index in [2.05, 4.69) is 21.2 Å². The Morgan fingerprint density at radius 1 is 0.872 bits per heavy atom. The lowest BCUT2D eigenvalue weighted by Gasteiger charge is -2.35. The molecule has 0 unspecified atom stereocenters. The summed E-state index contributed by atoms with van der Waals surface area (Å²) in [6, 6.07) is 29.2. The van der Waals surface area contributed by atoms with Gasteiger partial charge in [-0.25, -0.2) is 8.42 Å². The normalized spacial score (nSPS) is 14.3. The zero-order valence-corrected chi connectivity index (χ0v) is 29.5. The third-order valence-electron chi connectivity index (χ3n) is 8.43. The Balaban J connectivity index is 1.56. The minimum absolute atomic E-state index is 0.00521. The number of aryl methyl sites for hydroxylation is 1. The number of hydrogen-bond donors (Lipinski definition) is 1. The number of nitrogens with zero attached hydrogens (tertiary/aromatic N) is 2. The fourth-order valence-electron chi connectivity index (χ4n) is 5.98. The summed E-state index contributed by atoms with van der Waals surface area (Å²) in [6.07, 6.45) is 5.29. The summed E-state index contributed by atoms with van der Waals surface area (Å²) < 4.78 is 30.4. The molecule has 0 bridgehead atoms. The number of halogens is 2. The molecule has 1 fully saturated rings. The monoisotopic (exact) mass is 735 g/mol. The van der Waals surface area contributed by atoms with E-state index in [9.17, 15) is 18.0 Å². The highest BCUT2D eigenvalue weighted by atomic mass is 79.9. The van der Waals surface area contributed by atoms with Crippen LogP contribution in [0.25, 0.3) is 0 Å². The molecule has 1 aliphatic rings. The molecular weight excluding hydrogens is 698 g/mol. The number of amides is 2. The third kappa shape index (κ3) is 9.24. The van der Waals surface area contributed by atoms with Gasteiger partial charge in [0, 0.05) is 28.5 Å². The number of sulfonamides is 1. The summed E-state index contributed by atoms with van der Waals surface area (Å²) in [6.45, 7) is 1.46. The topological polar surface area (TPSA) is 86.8 Å². The van der Waals surface area contributed by atoms with Gasteiger partial charge in [0.05, 0.1) is 10.6 Å². The van der Waals surface area contributed by atoms with E-state index in [0.29, 0.717) is 10.7 Å².